The highest BCUT2D eigenvalue weighted by Crippen LogP contribution is 2.59. The molecule has 0 aromatic carbocycles. The third-order valence-electron chi connectivity index (χ3n) is 5.57. The smallest absolute Gasteiger partial charge is 0.336 e. The second-order valence-corrected chi connectivity index (χ2v) is 7.08. The lowest BCUT2D eigenvalue weighted by atomic mass is 9.53. The van der Waals surface area contributed by atoms with Gasteiger partial charge in [-0.3, -0.25) is 0 Å². The fraction of sp³-hybridized carbons (Fsp3) is 0.800. The van der Waals surface area contributed by atoms with Crippen molar-refractivity contribution in [1.29, 1.82) is 0 Å². The van der Waals surface area contributed by atoms with Crippen molar-refractivity contribution < 1.29 is 19.7 Å². The van der Waals surface area contributed by atoms with Crippen LogP contribution in [0.3, 0.4) is 0 Å². The van der Waals surface area contributed by atoms with Crippen LogP contribution in [-0.4, -0.2) is 27.6 Å². The van der Waals surface area contributed by atoms with Crippen LogP contribution >= 0.6 is 0 Å². The third-order valence-corrected chi connectivity index (χ3v) is 5.57. The summed E-state index contributed by atoms with van der Waals surface area (Å²) in [6.07, 6.45) is 3.64. The molecule has 0 spiro atoms. The summed E-state index contributed by atoms with van der Waals surface area (Å²) in [5.74, 6) is -1.77. The molecule has 1 heterocycles. The van der Waals surface area contributed by atoms with E-state index < -0.39 is 17.4 Å². The van der Waals surface area contributed by atoms with Crippen molar-refractivity contribution in [2.45, 2.75) is 64.3 Å². The summed E-state index contributed by atoms with van der Waals surface area (Å²) >= 11 is 0. The lowest BCUT2D eigenvalue weighted by molar-refractivity contribution is -0.220. The highest BCUT2D eigenvalue weighted by molar-refractivity contribution is 5.92. The van der Waals surface area contributed by atoms with Crippen LogP contribution in [0.15, 0.2) is 11.1 Å². The molecule has 0 saturated heterocycles. The number of ether oxygens (including phenoxy) is 1. The van der Waals surface area contributed by atoms with Crippen molar-refractivity contribution in [1.82, 2.24) is 0 Å². The number of carbonyl (C=O) groups excluding carboxylic acids is 1. The molecule has 0 radical (unpaired) electrons. The van der Waals surface area contributed by atoms with Gasteiger partial charge in [0.25, 0.3) is 0 Å². The monoisotopic (exact) mass is 266 g/mol. The Morgan fingerprint density at radius 1 is 1.26 bits per heavy atom. The number of hydrogen-bond acceptors (Lipinski definition) is 4. The summed E-state index contributed by atoms with van der Waals surface area (Å²) < 4.78 is 5.21. The molecule has 106 valence electrons. The Balaban J connectivity index is 2.05. The molecule has 3 aliphatic rings. The number of aliphatic hydroxyl groups is 2. The summed E-state index contributed by atoms with van der Waals surface area (Å²) in [6, 6.07) is 0. The quantitative estimate of drug-likeness (QED) is 0.657. The first-order valence-corrected chi connectivity index (χ1v) is 7.06. The van der Waals surface area contributed by atoms with E-state index in [0.29, 0.717) is 24.0 Å². The van der Waals surface area contributed by atoms with E-state index in [4.69, 9.17) is 4.74 Å². The van der Waals surface area contributed by atoms with Crippen molar-refractivity contribution in [3.63, 3.8) is 0 Å². The fourth-order valence-corrected chi connectivity index (χ4v) is 4.54. The molecule has 1 aliphatic heterocycles. The third kappa shape index (κ3) is 1.69. The van der Waals surface area contributed by atoms with Crippen LogP contribution < -0.4 is 0 Å². The largest absolute Gasteiger partial charge is 0.426 e. The van der Waals surface area contributed by atoms with Crippen molar-refractivity contribution in [2.75, 3.05) is 0 Å². The molecule has 0 amide bonds. The number of fused-ring (bicyclic) bond motifs is 2. The molecule has 2 saturated carbocycles. The van der Waals surface area contributed by atoms with Gasteiger partial charge in [-0.05, 0) is 44.4 Å². The molecule has 0 aromatic rings. The van der Waals surface area contributed by atoms with Crippen molar-refractivity contribution >= 4 is 5.97 Å². The number of hydrogen-bond donors (Lipinski definition) is 2. The Morgan fingerprint density at radius 3 is 2.63 bits per heavy atom. The standard InChI is InChI=1S/C15H22O4/c1-9-10-7-11-13(2,5-4-6-14(11,3)17)8-15(10,18)19-12(9)16/h11,17-18H,4-8H2,1-3H3/t11-,13-,14+,15+/m1/s1. The summed E-state index contributed by atoms with van der Waals surface area (Å²) in [4.78, 5) is 11.7. The van der Waals surface area contributed by atoms with Gasteiger partial charge >= 0.3 is 5.97 Å². The molecule has 3 rings (SSSR count). The van der Waals surface area contributed by atoms with E-state index in [-0.39, 0.29) is 11.3 Å². The van der Waals surface area contributed by atoms with Crippen LogP contribution in [0.2, 0.25) is 0 Å². The normalized spacial score (nSPS) is 49.7. The van der Waals surface area contributed by atoms with Crippen molar-refractivity contribution in [3.8, 4) is 0 Å². The molecule has 2 aliphatic carbocycles. The predicted octanol–water partition coefficient (Wildman–Crippen LogP) is 1.90. The minimum Gasteiger partial charge on any atom is -0.426 e. The van der Waals surface area contributed by atoms with E-state index in [1.54, 1.807) is 6.92 Å². The van der Waals surface area contributed by atoms with Gasteiger partial charge in [-0.15, -0.1) is 0 Å². The van der Waals surface area contributed by atoms with Crippen LogP contribution in [0.1, 0.15) is 52.9 Å². The lowest BCUT2D eigenvalue weighted by Crippen LogP contribution is -2.56. The van der Waals surface area contributed by atoms with Gasteiger partial charge < -0.3 is 14.9 Å². The predicted molar refractivity (Wildman–Crippen MR) is 69.0 cm³/mol. The number of esters is 1. The Bertz CT molecular complexity index is 479. The number of carbonyl (C=O) groups is 1. The average Bonchev–Trinajstić information content (AvgIpc) is 2.45. The zero-order valence-corrected chi connectivity index (χ0v) is 11.8. The molecule has 4 atom stereocenters. The second-order valence-electron chi connectivity index (χ2n) is 7.08. The first-order valence-electron chi connectivity index (χ1n) is 7.06. The SMILES string of the molecule is CC1=C2C[C@@H]3[C@](C)(CCC[C@]3(C)O)C[C@]2(O)OC1=O. The lowest BCUT2D eigenvalue weighted by Gasteiger charge is -2.55. The molecule has 19 heavy (non-hydrogen) atoms. The Labute approximate surface area is 113 Å². The summed E-state index contributed by atoms with van der Waals surface area (Å²) in [6.45, 7) is 5.68. The second kappa shape index (κ2) is 3.61. The maximum Gasteiger partial charge on any atom is 0.336 e. The highest BCUT2D eigenvalue weighted by atomic mass is 16.7. The van der Waals surface area contributed by atoms with Crippen molar-refractivity contribution in [2.24, 2.45) is 11.3 Å². The maximum absolute atomic E-state index is 11.7. The first kappa shape index (κ1) is 13.1. The van der Waals surface area contributed by atoms with Gasteiger partial charge in [0.1, 0.15) is 0 Å². The zero-order chi connectivity index (χ0) is 14.1. The Kier molecular flexibility index (Phi) is 2.50. The average molecular weight is 266 g/mol. The fourth-order valence-electron chi connectivity index (χ4n) is 4.54. The van der Waals surface area contributed by atoms with Crippen LogP contribution in [0.4, 0.5) is 0 Å². The summed E-state index contributed by atoms with van der Waals surface area (Å²) in [7, 11) is 0. The molecule has 2 fully saturated rings. The van der Waals surface area contributed by atoms with E-state index >= 15 is 0 Å². The minimum atomic E-state index is -1.43. The molecule has 4 heteroatoms. The van der Waals surface area contributed by atoms with Crippen LogP contribution in [-0.2, 0) is 9.53 Å². The van der Waals surface area contributed by atoms with Crippen LogP contribution in [0, 0.1) is 11.3 Å². The molecule has 4 nitrogen and oxygen atoms in total. The molecular formula is C15H22O4. The summed E-state index contributed by atoms with van der Waals surface area (Å²) in [5, 5.41) is 21.3. The Hall–Kier alpha value is -0.870. The maximum atomic E-state index is 11.7. The van der Waals surface area contributed by atoms with E-state index in [0.717, 1.165) is 19.3 Å². The van der Waals surface area contributed by atoms with Crippen LogP contribution in [0.5, 0.6) is 0 Å². The van der Waals surface area contributed by atoms with Crippen LogP contribution in [0.25, 0.3) is 0 Å². The first-order chi connectivity index (χ1) is 8.68. The van der Waals surface area contributed by atoms with Gasteiger partial charge in [-0.2, -0.15) is 0 Å². The molecule has 0 bridgehead atoms. The van der Waals surface area contributed by atoms with Gasteiger partial charge in [0.2, 0.25) is 5.79 Å². The molecular weight excluding hydrogens is 244 g/mol. The van der Waals surface area contributed by atoms with Gasteiger partial charge in [0.05, 0.1) is 5.60 Å². The topological polar surface area (TPSA) is 66.8 Å². The number of rotatable bonds is 0. The van der Waals surface area contributed by atoms with E-state index in [2.05, 4.69) is 6.92 Å². The molecule has 2 N–H and O–H groups in total. The summed E-state index contributed by atoms with van der Waals surface area (Å²) in [5.41, 5.74) is 0.297. The Morgan fingerprint density at radius 2 is 1.95 bits per heavy atom. The van der Waals surface area contributed by atoms with Gasteiger partial charge in [-0.1, -0.05) is 13.3 Å². The minimum absolute atomic E-state index is 0.0773. The molecule has 0 unspecified atom stereocenters. The van der Waals surface area contributed by atoms with E-state index in [1.165, 1.54) is 0 Å². The van der Waals surface area contributed by atoms with Crippen molar-refractivity contribution in [3.05, 3.63) is 11.1 Å². The zero-order valence-electron chi connectivity index (χ0n) is 11.8. The highest BCUT2D eigenvalue weighted by Gasteiger charge is 2.60. The van der Waals surface area contributed by atoms with E-state index in [9.17, 15) is 15.0 Å². The van der Waals surface area contributed by atoms with Gasteiger partial charge in [-0.25, -0.2) is 4.79 Å². The van der Waals surface area contributed by atoms with Gasteiger partial charge in [0, 0.05) is 17.6 Å². The van der Waals surface area contributed by atoms with E-state index in [1.807, 2.05) is 6.92 Å². The molecule has 0 aromatic heterocycles. The van der Waals surface area contributed by atoms with Gasteiger partial charge in [0.15, 0.2) is 0 Å².